The van der Waals surface area contributed by atoms with Crippen LogP contribution in [0.1, 0.15) is 45.4 Å². The van der Waals surface area contributed by atoms with Crippen LogP contribution in [0.2, 0.25) is 0 Å². The number of amides is 2. The quantitative estimate of drug-likeness (QED) is 0.645. The van der Waals surface area contributed by atoms with Gasteiger partial charge in [-0.1, -0.05) is 26.2 Å². The van der Waals surface area contributed by atoms with Crippen LogP contribution in [0.15, 0.2) is 18.2 Å². The molecular weight excluding hydrogens is 352 g/mol. The maximum Gasteiger partial charge on any atom is 0.238 e. The lowest BCUT2D eigenvalue weighted by molar-refractivity contribution is -0.128. The number of carbonyl (C=O) groups excluding carboxylic acids is 2. The molecule has 1 atom stereocenters. The van der Waals surface area contributed by atoms with Gasteiger partial charge in [0.05, 0.1) is 18.2 Å². The van der Waals surface area contributed by atoms with Crippen LogP contribution in [0.25, 0.3) is 0 Å². The van der Waals surface area contributed by atoms with Gasteiger partial charge in [0.15, 0.2) is 0 Å². The van der Waals surface area contributed by atoms with Crippen molar-refractivity contribution >= 4 is 17.5 Å². The van der Waals surface area contributed by atoms with Crippen LogP contribution in [-0.2, 0) is 9.59 Å². The molecule has 0 spiro atoms. The van der Waals surface area contributed by atoms with Crippen LogP contribution < -0.4 is 10.6 Å². The highest BCUT2D eigenvalue weighted by atomic mass is 19.1. The van der Waals surface area contributed by atoms with Crippen LogP contribution in [-0.4, -0.2) is 42.9 Å². The minimum atomic E-state index is -0.803. The molecule has 1 aliphatic rings. The van der Waals surface area contributed by atoms with Crippen molar-refractivity contribution in [2.75, 3.05) is 31.5 Å². The molecule has 0 bridgehead atoms. The Balaban J connectivity index is 1.76. The summed E-state index contributed by atoms with van der Waals surface area (Å²) in [5, 5.41) is 5.45. The monoisotopic (exact) mass is 381 g/mol. The molecule has 0 saturated carbocycles. The molecule has 1 saturated heterocycles. The zero-order chi connectivity index (χ0) is 19.6. The van der Waals surface area contributed by atoms with E-state index in [0.29, 0.717) is 13.1 Å². The molecular formula is C20H29F2N3O2. The molecule has 0 aliphatic carbocycles. The number of hydrogen-bond donors (Lipinski definition) is 2. The molecule has 150 valence electrons. The first kappa shape index (κ1) is 21.3. The fourth-order valence-corrected chi connectivity index (χ4v) is 3.30. The smallest absolute Gasteiger partial charge is 0.238 e. The largest absolute Gasteiger partial charge is 0.356 e. The Morgan fingerprint density at radius 1 is 1.22 bits per heavy atom. The summed E-state index contributed by atoms with van der Waals surface area (Å²) in [5.74, 6) is -1.95. The molecule has 1 fully saturated rings. The number of nitrogens with one attached hydrogen (secondary N) is 2. The number of nitrogens with zero attached hydrogens (tertiary/aromatic N) is 1. The Hall–Kier alpha value is -2.02. The molecule has 2 rings (SSSR count). The summed E-state index contributed by atoms with van der Waals surface area (Å²) in [6, 6.07) is 3.03. The highest BCUT2D eigenvalue weighted by Gasteiger charge is 2.26. The van der Waals surface area contributed by atoms with Crippen LogP contribution in [0.4, 0.5) is 14.5 Å². The number of carbonyl (C=O) groups is 2. The third-order valence-electron chi connectivity index (χ3n) is 4.78. The first-order valence-corrected chi connectivity index (χ1v) is 9.74. The molecule has 1 aliphatic heterocycles. The highest BCUT2D eigenvalue weighted by molar-refractivity contribution is 5.92. The third-order valence-corrected chi connectivity index (χ3v) is 4.78. The lowest BCUT2D eigenvalue weighted by Gasteiger charge is -2.31. The van der Waals surface area contributed by atoms with Crippen molar-refractivity contribution in [3.05, 3.63) is 29.8 Å². The minimum Gasteiger partial charge on any atom is -0.356 e. The average molecular weight is 381 g/mol. The predicted octanol–water partition coefficient (Wildman–Crippen LogP) is 3.31. The Labute approximate surface area is 159 Å². The van der Waals surface area contributed by atoms with Crippen LogP contribution >= 0.6 is 0 Å². The van der Waals surface area contributed by atoms with Gasteiger partial charge in [-0.05, 0) is 37.9 Å². The van der Waals surface area contributed by atoms with Gasteiger partial charge in [0.2, 0.25) is 11.8 Å². The number of halogens is 2. The Morgan fingerprint density at radius 2 is 2.04 bits per heavy atom. The van der Waals surface area contributed by atoms with Gasteiger partial charge in [-0.15, -0.1) is 0 Å². The fourth-order valence-electron chi connectivity index (χ4n) is 3.30. The van der Waals surface area contributed by atoms with Gasteiger partial charge in [-0.2, -0.15) is 0 Å². The average Bonchev–Trinajstić information content (AvgIpc) is 2.64. The van der Waals surface area contributed by atoms with Crippen LogP contribution in [0.3, 0.4) is 0 Å². The van der Waals surface area contributed by atoms with Gasteiger partial charge in [-0.3, -0.25) is 14.5 Å². The van der Waals surface area contributed by atoms with Gasteiger partial charge >= 0.3 is 0 Å². The second-order valence-electron chi connectivity index (χ2n) is 7.10. The summed E-state index contributed by atoms with van der Waals surface area (Å²) in [4.78, 5) is 26.4. The third kappa shape index (κ3) is 7.25. The molecule has 1 aromatic carbocycles. The predicted molar refractivity (Wildman–Crippen MR) is 101 cm³/mol. The molecule has 1 unspecified atom stereocenters. The standard InChI is InChI=1S/C20H29F2N3O2/c1-2-3-4-5-10-23-20(27)15-7-6-11-25(13-15)14-19(26)24-18-9-8-16(21)12-17(18)22/h8-9,12,15H,2-7,10-11,13-14H2,1H3,(H,23,27)(H,24,26). The van der Waals surface area contributed by atoms with Gasteiger partial charge in [-0.25, -0.2) is 8.78 Å². The van der Waals surface area contributed by atoms with Gasteiger partial charge in [0, 0.05) is 19.2 Å². The fraction of sp³-hybridized carbons (Fsp3) is 0.600. The molecule has 1 aromatic rings. The van der Waals surface area contributed by atoms with Gasteiger partial charge in [0.1, 0.15) is 11.6 Å². The first-order valence-electron chi connectivity index (χ1n) is 9.74. The molecule has 27 heavy (non-hydrogen) atoms. The Morgan fingerprint density at radius 3 is 2.78 bits per heavy atom. The topological polar surface area (TPSA) is 61.4 Å². The van der Waals surface area contributed by atoms with E-state index in [9.17, 15) is 18.4 Å². The van der Waals surface area contributed by atoms with E-state index in [1.165, 1.54) is 12.5 Å². The number of unbranched alkanes of at least 4 members (excludes halogenated alkanes) is 3. The lowest BCUT2D eigenvalue weighted by Crippen LogP contribution is -2.45. The zero-order valence-corrected chi connectivity index (χ0v) is 15.9. The molecule has 5 nitrogen and oxygen atoms in total. The lowest BCUT2D eigenvalue weighted by atomic mass is 9.97. The molecule has 1 heterocycles. The van der Waals surface area contributed by atoms with Crippen LogP contribution in [0.5, 0.6) is 0 Å². The van der Waals surface area contributed by atoms with Crippen molar-refractivity contribution in [2.45, 2.75) is 45.4 Å². The summed E-state index contributed by atoms with van der Waals surface area (Å²) in [5.41, 5.74) is -0.0419. The van der Waals surface area contributed by atoms with E-state index in [0.717, 1.165) is 50.8 Å². The molecule has 2 amide bonds. The van der Waals surface area contributed by atoms with Gasteiger partial charge < -0.3 is 10.6 Å². The normalized spacial score (nSPS) is 17.5. The van der Waals surface area contributed by atoms with Crippen molar-refractivity contribution in [1.29, 1.82) is 0 Å². The van der Waals surface area contributed by atoms with Crippen molar-refractivity contribution < 1.29 is 18.4 Å². The molecule has 0 radical (unpaired) electrons. The summed E-state index contributed by atoms with van der Waals surface area (Å²) in [6.07, 6.45) is 6.10. The van der Waals surface area contributed by atoms with Crippen molar-refractivity contribution in [3.8, 4) is 0 Å². The van der Waals surface area contributed by atoms with Crippen molar-refractivity contribution in [1.82, 2.24) is 10.2 Å². The van der Waals surface area contributed by atoms with E-state index in [1.54, 1.807) is 0 Å². The zero-order valence-electron chi connectivity index (χ0n) is 15.9. The van der Waals surface area contributed by atoms with Crippen molar-refractivity contribution in [2.24, 2.45) is 5.92 Å². The minimum absolute atomic E-state index is 0.0419. The number of anilines is 1. The summed E-state index contributed by atoms with van der Waals surface area (Å²) in [7, 11) is 0. The van der Waals surface area contributed by atoms with E-state index >= 15 is 0 Å². The molecule has 2 N–H and O–H groups in total. The number of likely N-dealkylation sites (tertiary alicyclic amines) is 1. The second kappa shape index (κ2) is 11.0. The maximum atomic E-state index is 13.6. The number of benzene rings is 1. The first-order chi connectivity index (χ1) is 13.0. The van der Waals surface area contributed by atoms with Crippen LogP contribution in [0, 0.1) is 17.6 Å². The van der Waals surface area contributed by atoms with E-state index < -0.39 is 11.6 Å². The summed E-state index contributed by atoms with van der Waals surface area (Å²) >= 11 is 0. The van der Waals surface area contributed by atoms with E-state index in [2.05, 4.69) is 17.6 Å². The van der Waals surface area contributed by atoms with Crippen molar-refractivity contribution in [3.63, 3.8) is 0 Å². The van der Waals surface area contributed by atoms with E-state index in [4.69, 9.17) is 0 Å². The van der Waals surface area contributed by atoms with Gasteiger partial charge in [0.25, 0.3) is 0 Å². The maximum absolute atomic E-state index is 13.6. The highest BCUT2D eigenvalue weighted by Crippen LogP contribution is 2.18. The van der Waals surface area contributed by atoms with E-state index in [1.807, 2.05) is 4.90 Å². The molecule has 7 heteroatoms. The summed E-state index contributed by atoms with van der Waals surface area (Å²) < 4.78 is 26.6. The summed E-state index contributed by atoms with van der Waals surface area (Å²) in [6.45, 7) is 4.16. The SMILES string of the molecule is CCCCCCNC(=O)C1CCCN(CC(=O)Nc2ccc(F)cc2F)C1. The number of hydrogen-bond acceptors (Lipinski definition) is 3. The number of piperidine rings is 1. The Kier molecular flexibility index (Phi) is 8.64. The van der Waals surface area contributed by atoms with E-state index in [-0.39, 0.29) is 30.0 Å². The molecule has 0 aromatic heterocycles. The second-order valence-corrected chi connectivity index (χ2v) is 7.10. The Bertz CT molecular complexity index is 640. The number of rotatable bonds is 9.